The number of amides is 2. The zero-order chi connectivity index (χ0) is 25.2. The van der Waals surface area contributed by atoms with Crippen LogP contribution in [0.3, 0.4) is 0 Å². The molecule has 4 aromatic rings. The Morgan fingerprint density at radius 3 is 2.78 bits per heavy atom. The molecule has 3 N–H and O–H groups in total. The Bertz CT molecular complexity index is 1440. The van der Waals surface area contributed by atoms with Gasteiger partial charge in [-0.1, -0.05) is 13.0 Å². The molecule has 1 aliphatic heterocycles. The number of nitrogens with zero attached hydrogens (tertiary/aromatic N) is 5. The zero-order valence-electron chi connectivity index (χ0n) is 19.8. The lowest BCUT2D eigenvalue weighted by atomic mass is 10.2. The van der Waals surface area contributed by atoms with Crippen LogP contribution in [0.15, 0.2) is 47.4 Å². The monoisotopic (exact) mass is 507 g/mol. The number of benzene rings is 2. The van der Waals surface area contributed by atoms with E-state index in [2.05, 4.69) is 17.6 Å². The van der Waals surface area contributed by atoms with Crippen LogP contribution in [0.2, 0.25) is 0 Å². The number of hydrogen-bond donors (Lipinski definition) is 3. The van der Waals surface area contributed by atoms with Crippen LogP contribution >= 0.6 is 11.8 Å². The van der Waals surface area contributed by atoms with Crippen molar-refractivity contribution >= 4 is 46.3 Å². The lowest BCUT2D eigenvalue weighted by molar-refractivity contribution is -0.121. The molecule has 2 amide bonds. The second kappa shape index (κ2) is 9.90. The minimum Gasteiger partial charge on any atom is -0.497 e. The fourth-order valence-corrected chi connectivity index (χ4v) is 4.88. The van der Waals surface area contributed by atoms with Crippen LogP contribution < -0.4 is 15.4 Å². The smallest absolute Gasteiger partial charge is 0.407 e. The Hall–Kier alpha value is -4.06. The maximum absolute atomic E-state index is 12.8. The number of rotatable bonds is 6. The van der Waals surface area contributed by atoms with E-state index in [-0.39, 0.29) is 25.5 Å². The number of carbonyl (C=O) groups is 2. The molecule has 3 heterocycles. The van der Waals surface area contributed by atoms with E-state index in [1.54, 1.807) is 23.4 Å². The fraction of sp³-hybridized carbons (Fsp3) is 0.292. The van der Waals surface area contributed by atoms with Gasteiger partial charge in [-0.15, -0.1) is 16.9 Å². The molecule has 0 spiro atoms. The number of methoxy groups -OCH3 is 1. The molecular weight excluding hydrogens is 482 g/mol. The summed E-state index contributed by atoms with van der Waals surface area (Å²) in [7, 11) is 1.61. The van der Waals surface area contributed by atoms with Crippen LogP contribution in [0, 0.1) is 0 Å². The van der Waals surface area contributed by atoms with Gasteiger partial charge >= 0.3 is 6.09 Å². The van der Waals surface area contributed by atoms with Gasteiger partial charge in [0, 0.05) is 28.9 Å². The molecule has 186 valence electrons. The van der Waals surface area contributed by atoms with Crippen LogP contribution in [0.4, 0.5) is 10.7 Å². The maximum Gasteiger partial charge on any atom is 0.407 e. The summed E-state index contributed by atoms with van der Waals surface area (Å²) in [6.45, 7) is 2.50. The summed E-state index contributed by atoms with van der Waals surface area (Å²) in [6, 6.07) is 12.5. The Labute approximate surface area is 210 Å². The highest BCUT2D eigenvalue weighted by molar-refractivity contribution is 7.99. The molecule has 36 heavy (non-hydrogen) atoms. The summed E-state index contributed by atoms with van der Waals surface area (Å²) in [5.74, 6) is 2.07. The van der Waals surface area contributed by atoms with Gasteiger partial charge in [0.05, 0.1) is 19.2 Å². The van der Waals surface area contributed by atoms with Crippen molar-refractivity contribution in [3.63, 3.8) is 0 Å². The largest absolute Gasteiger partial charge is 0.497 e. The number of carboxylic acid groups (broad SMARTS) is 1. The number of nitrogens with one attached hydrogen (secondary N) is 2. The third-order valence-corrected chi connectivity index (χ3v) is 6.82. The van der Waals surface area contributed by atoms with Crippen LogP contribution in [-0.2, 0) is 4.79 Å². The number of para-hydroxylation sites is 1. The second-order valence-corrected chi connectivity index (χ2v) is 9.44. The number of anilines is 1. The second-order valence-electron chi connectivity index (χ2n) is 8.14. The first-order chi connectivity index (χ1) is 17.5. The van der Waals surface area contributed by atoms with Gasteiger partial charge in [0.2, 0.25) is 11.9 Å². The lowest BCUT2D eigenvalue weighted by Crippen LogP contribution is -2.44. The number of hydrogen-bond acceptors (Lipinski definition) is 8. The molecule has 1 aliphatic rings. The number of ether oxygens (including phenoxy) is 1. The van der Waals surface area contributed by atoms with Crippen molar-refractivity contribution in [2.24, 2.45) is 0 Å². The van der Waals surface area contributed by atoms with E-state index in [4.69, 9.17) is 19.8 Å². The summed E-state index contributed by atoms with van der Waals surface area (Å²) in [4.78, 5) is 36.2. The van der Waals surface area contributed by atoms with E-state index in [1.807, 2.05) is 42.5 Å². The van der Waals surface area contributed by atoms with Crippen molar-refractivity contribution in [2.45, 2.75) is 17.9 Å². The van der Waals surface area contributed by atoms with E-state index < -0.39 is 12.1 Å². The van der Waals surface area contributed by atoms with Gasteiger partial charge in [-0.2, -0.15) is 4.52 Å². The van der Waals surface area contributed by atoms with E-state index >= 15 is 0 Å². The summed E-state index contributed by atoms with van der Waals surface area (Å²) < 4.78 is 6.83. The quantitative estimate of drug-likeness (QED) is 0.337. The molecule has 1 saturated heterocycles. The topological polar surface area (TPSA) is 134 Å². The summed E-state index contributed by atoms with van der Waals surface area (Å²) in [5.41, 5.74) is 2.11. The zero-order valence-corrected chi connectivity index (χ0v) is 20.6. The Balaban J connectivity index is 1.65. The third kappa shape index (κ3) is 4.47. The van der Waals surface area contributed by atoms with Crippen molar-refractivity contribution in [2.75, 3.05) is 37.8 Å². The fourth-order valence-electron chi connectivity index (χ4n) is 4.11. The van der Waals surface area contributed by atoms with Crippen molar-refractivity contribution in [1.82, 2.24) is 29.8 Å². The van der Waals surface area contributed by atoms with Crippen molar-refractivity contribution in [1.29, 1.82) is 0 Å². The third-order valence-electron chi connectivity index (χ3n) is 5.89. The molecule has 0 bridgehead atoms. The number of carbonyl (C=O) groups excluding carboxylic acids is 1. The summed E-state index contributed by atoms with van der Waals surface area (Å²) >= 11 is 1.66. The Morgan fingerprint density at radius 2 is 2.06 bits per heavy atom. The van der Waals surface area contributed by atoms with Gasteiger partial charge < -0.3 is 25.4 Å². The minimum absolute atomic E-state index is 0.0201. The average molecular weight is 508 g/mol. The predicted octanol–water partition coefficient (Wildman–Crippen LogP) is 2.96. The van der Waals surface area contributed by atoms with Gasteiger partial charge in [0.25, 0.3) is 0 Å². The first kappa shape index (κ1) is 23.7. The van der Waals surface area contributed by atoms with Crippen molar-refractivity contribution in [3.05, 3.63) is 42.5 Å². The molecule has 0 aliphatic carbocycles. The molecule has 2 aromatic carbocycles. The number of fused-ring (bicyclic) bond motifs is 3. The van der Waals surface area contributed by atoms with E-state index in [0.717, 1.165) is 32.9 Å². The number of aromatic nitrogens is 4. The molecule has 1 fully saturated rings. The molecule has 0 saturated carbocycles. The van der Waals surface area contributed by atoms with Crippen LogP contribution in [0.5, 0.6) is 5.75 Å². The SMILES string of the molecule is CCSc1cccc2c1nc(N[C@@H]1CN(C(=O)O)CCNC1=O)n1nc(-c3ccc(OC)cc3)nc21. The average Bonchev–Trinajstić information content (AvgIpc) is 3.25. The normalized spacial score (nSPS) is 16.1. The highest BCUT2D eigenvalue weighted by atomic mass is 32.2. The van der Waals surface area contributed by atoms with Gasteiger partial charge in [-0.3, -0.25) is 4.79 Å². The highest BCUT2D eigenvalue weighted by Gasteiger charge is 2.29. The van der Waals surface area contributed by atoms with Gasteiger partial charge in [-0.05, 0) is 42.2 Å². The maximum atomic E-state index is 12.8. The summed E-state index contributed by atoms with van der Waals surface area (Å²) in [6.07, 6.45) is -1.08. The predicted molar refractivity (Wildman–Crippen MR) is 137 cm³/mol. The van der Waals surface area contributed by atoms with E-state index in [0.29, 0.717) is 17.4 Å². The number of thioether (sulfide) groups is 1. The molecule has 11 nitrogen and oxygen atoms in total. The molecule has 5 rings (SSSR count). The van der Waals surface area contributed by atoms with Crippen molar-refractivity contribution in [3.8, 4) is 17.1 Å². The molecule has 12 heteroatoms. The van der Waals surface area contributed by atoms with Gasteiger partial charge in [0.1, 0.15) is 11.8 Å². The Morgan fingerprint density at radius 1 is 1.25 bits per heavy atom. The van der Waals surface area contributed by atoms with Gasteiger partial charge in [-0.25, -0.2) is 14.8 Å². The van der Waals surface area contributed by atoms with Crippen LogP contribution in [-0.4, -0.2) is 80.1 Å². The van der Waals surface area contributed by atoms with Crippen LogP contribution in [0.25, 0.3) is 27.9 Å². The highest BCUT2D eigenvalue weighted by Crippen LogP contribution is 2.31. The Kier molecular flexibility index (Phi) is 6.51. The van der Waals surface area contributed by atoms with Gasteiger partial charge in [0.15, 0.2) is 11.5 Å². The summed E-state index contributed by atoms with van der Waals surface area (Å²) in [5, 5.41) is 20.9. The molecule has 0 radical (unpaired) electrons. The lowest BCUT2D eigenvalue weighted by Gasteiger charge is -2.21. The van der Waals surface area contributed by atoms with E-state index in [1.165, 1.54) is 4.90 Å². The molecule has 1 atom stereocenters. The standard InChI is InChI=1S/C24H25N7O4S/c1-3-36-18-6-4-5-16-19(18)27-23(26-17-13-30(24(33)34)12-11-25-22(17)32)31-21(16)28-20(29-31)14-7-9-15(35-2)10-8-14/h4-10,17H,3,11-13H2,1-2H3,(H,25,32)(H,26,27)(H,33,34)/t17-/m1/s1. The first-order valence-electron chi connectivity index (χ1n) is 11.5. The first-order valence-corrected chi connectivity index (χ1v) is 12.5. The molecular formula is C24H25N7O4S. The molecule has 0 unspecified atom stereocenters. The van der Waals surface area contributed by atoms with Crippen LogP contribution in [0.1, 0.15) is 6.92 Å². The molecule has 2 aromatic heterocycles. The van der Waals surface area contributed by atoms with Crippen molar-refractivity contribution < 1.29 is 19.4 Å². The minimum atomic E-state index is -1.08. The van der Waals surface area contributed by atoms with E-state index in [9.17, 15) is 14.7 Å².